The van der Waals surface area contributed by atoms with E-state index >= 15 is 0 Å². The lowest BCUT2D eigenvalue weighted by Crippen LogP contribution is -2.06. The van der Waals surface area contributed by atoms with Crippen LogP contribution in [0.1, 0.15) is 16.1 Å². The van der Waals surface area contributed by atoms with E-state index in [-0.39, 0.29) is 6.61 Å². The largest absolute Gasteiger partial charge is 0.456 e. The molecule has 0 aliphatic heterocycles. The Morgan fingerprint density at radius 2 is 2.06 bits per heavy atom. The number of nitrogens with zero attached hydrogens (tertiary/aromatic N) is 2. The van der Waals surface area contributed by atoms with Crippen molar-refractivity contribution in [2.75, 3.05) is 0 Å². The zero-order valence-corrected chi connectivity index (χ0v) is 8.96. The Bertz CT molecular complexity index is 477. The molecule has 0 fully saturated rings. The first kappa shape index (κ1) is 10.4. The second kappa shape index (κ2) is 4.61. The number of ether oxygens (including phenoxy) is 1. The molecule has 0 saturated carbocycles. The summed E-state index contributed by atoms with van der Waals surface area (Å²) in [4.78, 5) is 11.5. The fourth-order valence-corrected chi connectivity index (χ4v) is 1.32. The van der Waals surface area contributed by atoms with Gasteiger partial charge in [0.15, 0.2) is 5.69 Å². The SMILES string of the molecule is Cn1ccc(C(=O)OCc2ccccc2)n1. The van der Waals surface area contributed by atoms with Gasteiger partial charge in [-0.2, -0.15) is 5.10 Å². The van der Waals surface area contributed by atoms with Crippen LogP contribution >= 0.6 is 0 Å². The number of aryl methyl sites for hydroxylation is 1. The average molecular weight is 216 g/mol. The van der Waals surface area contributed by atoms with E-state index in [2.05, 4.69) is 5.10 Å². The van der Waals surface area contributed by atoms with Gasteiger partial charge in [-0.15, -0.1) is 0 Å². The van der Waals surface area contributed by atoms with Crippen molar-refractivity contribution in [3.05, 3.63) is 53.9 Å². The molecule has 0 spiro atoms. The molecule has 0 bridgehead atoms. The highest BCUT2D eigenvalue weighted by Crippen LogP contribution is 2.04. The van der Waals surface area contributed by atoms with Crippen molar-refractivity contribution in [2.45, 2.75) is 6.61 Å². The zero-order chi connectivity index (χ0) is 11.4. The van der Waals surface area contributed by atoms with Gasteiger partial charge in [0.2, 0.25) is 0 Å². The molecule has 0 aliphatic carbocycles. The molecule has 0 saturated heterocycles. The summed E-state index contributed by atoms with van der Waals surface area (Å²) >= 11 is 0. The van der Waals surface area contributed by atoms with Crippen LogP contribution in [0.25, 0.3) is 0 Å². The minimum absolute atomic E-state index is 0.274. The van der Waals surface area contributed by atoms with Crippen molar-refractivity contribution < 1.29 is 9.53 Å². The fraction of sp³-hybridized carbons (Fsp3) is 0.167. The molecule has 2 aromatic rings. The second-order valence-electron chi connectivity index (χ2n) is 3.44. The monoisotopic (exact) mass is 216 g/mol. The van der Waals surface area contributed by atoms with Crippen molar-refractivity contribution in [2.24, 2.45) is 7.05 Å². The van der Waals surface area contributed by atoms with Crippen LogP contribution in [0.4, 0.5) is 0 Å². The van der Waals surface area contributed by atoms with Gasteiger partial charge in [-0.05, 0) is 11.6 Å². The molecular weight excluding hydrogens is 204 g/mol. The third-order valence-corrected chi connectivity index (χ3v) is 2.14. The molecular formula is C12H12N2O2. The van der Waals surface area contributed by atoms with Gasteiger partial charge in [-0.1, -0.05) is 30.3 Å². The maximum Gasteiger partial charge on any atom is 0.359 e. The number of carbonyl (C=O) groups is 1. The summed E-state index contributed by atoms with van der Waals surface area (Å²) in [6, 6.07) is 11.2. The fourth-order valence-electron chi connectivity index (χ4n) is 1.32. The van der Waals surface area contributed by atoms with Gasteiger partial charge in [-0.3, -0.25) is 4.68 Å². The normalized spacial score (nSPS) is 10.1. The molecule has 1 heterocycles. The number of carbonyl (C=O) groups excluding carboxylic acids is 1. The molecule has 2 rings (SSSR count). The van der Waals surface area contributed by atoms with Crippen LogP contribution in [-0.4, -0.2) is 15.7 Å². The Kier molecular flexibility index (Phi) is 3.00. The second-order valence-corrected chi connectivity index (χ2v) is 3.44. The lowest BCUT2D eigenvalue weighted by atomic mass is 10.2. The Morgan fingerprint density at radius 3 is 2.69 bits per heavy atom. The van der Waals surface area contributed by atoms with Gasteiger partial charge in [0, 0.05) is 13.2 Å². The molecule has 0 aliphatic rings. The summed E-state index contributed by atoms with van der Waals surface area (Å²) in [5.41, 5.74) is 1.30. The molecule has 0 atom stereocenters. The van der Waals surface area contributed by atoms with Crippen LogP contribution in [-0.2, 0) is 18.4 Å². The maximum atomic E-state index is 11.5. The van der Waals surface area contributed by atoms with E-state index in [1.54, 1.807) is 24.0 Å². The van der Waals surface area contributed by atoms with Crippen LogP contribution in [0.3, 0.4) is 0 Å². The Hall–Kier alpha value is -2.10. The highest BCUT2D eigenvalue weighted by Gasteiger charge is 2.09. The van der Waals surface area contributed by atoms with E-state index in [0.29, 0.717) is 5.69 Å². The van der Waals surface area contributed by atoms with E-state index in [0.717, 1.165) is 5.56 Å². The minimum atomic E-state index is -0.399. The molecule has 0 N–H and O–H groups in total. The molecule has 4 nitrogen and oxygen atoms in total. The molecule has 1 aromatic heterocycles. The predicted molar refractivity (Wildman–Crippen MR) is 58.8 cm³/mol. The third-order valence-electron chi connectivity index (χ3n) is 2.14. The van der Waals surface area contributed by atoms with E-state index in [9.17, 15) is 4.79 Å². The minimum Gasteiger partial charge on any atom is -0.456 e. The number of esters is 1. The highest BCUT2D eigenvalue weighted by atomic mass is 16.5. The lowest BCUT2D eigenvalue weighted by molar-refractivity contribution is 0.0465. The number of hydrogen-bond acceptors (Lipinski definition) is 3. The topological polar surface area (TPSA) is 44.1 Å². The summed E-state index contributed by atoms with van der Waals surface area (Å²) in [6.45, 7) is 0.274. The average Bonchev–Trinajstić information content (AvgIpc) is 2.74. The predicted octanol–water partition coefficient (Wildman–Crippen LogP) is 1.78. The van der Waals surface area contributed by atoms with Crippen molar-refractivity contribution in [3.63, 3.8) is 0 Å². The Balaban J connectivity index is 1.94. The van der Waals surface area contributed by atoms with Gasteiger partial charge < -0.3 is 4.74 Å². The number of hydrogen-bond donors (Lipinski definition) is 0. The summed E-state index contributed by atoms with van der Waals surface area (Å²) in [5, 5.41) is 3.97. The smallest absolute Gasteiger partial charge is 0.359 e. The van der Waals surface area contributed by atoms with Gasteiger partial charge in [0.1, 0.15) is 6.61 Å². The van der Waals surface area contributed by atoms with E-state index in [1.807, 2.05) is 30.3 Å². The highest BCUT2D eigenvalue weighted by molar-refractivity contribution is 5.86. The van der Waals surface area contributed by atoms with E-state index < -0.39 is 5.97 Å². The van der Waals surface area contributed by atoms with Crippen molar-refractivity contribution in [3.8, 4) is 0 Å². The quantitative estimate of drug-likeness (QED) is 0.734. The van der Waals surface area contributed by atoms with Gasteiger partial charge in [0.05, 0.1) is 0 Å². The molecule has 82 valence electrons. The Morgan fingerprint density at radius 1 is 1.31 bits per heavy atom. The molecule has 0 amide bonds. The maximum absolute atomic E-state index is 11.5. The summed E-state index contributed by atoms with van der Waals surface area (Å²) in [6.07, 6.45) is 1.71. The molecule has 4 heteroatoms. The first-order chi connectivity index (χ1) is 7.75. The standard InChI is InChI=1S/C12H12N2O2/c1-14-8-7-11(13-14)12(15)16-9-10-5-3-2-4-6-10/h2-8H,9H2,1H3. The van der Waals surface area contributed by atoms with Gasteiger partial charge >= 0.3 is 5.97 Å². The summed E-state index contributed by atoms with van der Waals surface area (Å²) < 4.78 is 6.68. The molecule has 0 unspecified atom stereocenters. The first-order valence-electron chi connectivity index (χ1n) is 4.96. The number of rotatable bonds is 3. The lowest BCUT2D eigenvalue weighted by Gasteiger charge is -2.02. The van der Waals surface area contributed by atoms with Crippen LogP contribution in [0, 0.1) is 0 Å². The van der Waals surface area contributed by atoms with Crippen LogP contribution in [0.15, 0.2) is 42.6 Å². The number of benzene rings is 1. The molecule has 0 radical (unpaired) electrons. The Labute approximate surface area is 93.5 Å². The summed E-state index contributed by atoms with van der Waals surface area (Å²) in [7, 11) is 1.76. The van der Waals surface area contributed by atoms with Crippen molar-refractivity contribution in [1.82, 2.24) is 9.78 Å². The summed E-state index contributed by atoms with van der Waals surface area (Å²) in [5.74, 6) is -0.399. The van der Waals surface area contributed by atoms with Gasteiger partial charge in [-0.25, -0.2) is 4.79 Å². The van der Waals surface area contributed by atoms with Crippen LogP contribution in [0.2, 0.25) is 0 Å². The van der Waals surface area contributed by atoms with Crippen LogP contribution in [0.5, 0.6) is 0 Å². The van der Waals surface area contributed by atoms with Crippen LogP contribution < -0.4 is 0 Å². The first-order valence-corrected chi connectivity index (χ1v) is 4.96. The zero-order valence-electron chi connectivity index (χ0n) is 8.96. The van der Waals surface area contributed by atoms with Crippen molar-refractivity contribution in [1.29, 1.82) is 0 Å². The molecule has 1 aromatic carbocycles. The molecule has 16 heavy (non-hydrogen) atoms. The van der Waals surface area contributed by atoms with Crippen molar-refractivity contribution >= 4 is 5.97 Å². The van der Waals surface area contributed by atoms with E-state index in [1.165, 1.54) is 0 Å². The number of aromatic nitrogens is 2. The third kappa shape index (κ3) is 2.48. The van der Waals surface area contributed by atoms with E-state index in [4.69, 9.17) is 4.74 Å². The van der Waals surface area contributed by atoms with Gasteiger partial charge in [0.25, 0.3) is 0 Å².